The van der Waals surface area contributed by atoms with E-state index in [4.69, 9.17) is 9.72 Å². The zero-order valence-corrected chi connectivity index (χ0v) is 12.4. The molecule has 0 spiro atoms. The van der Waals surface area contributed by atoms with Crippen LogP contribution in [0.4, 0.5) is 5.82 Å². The first-order valence-corrected chi connectivity index (χ1v) is 7.69. The van der Waals surface area contributed by atoms with Crippen molar-refractivity contribution in [2.75, 3.05) is 31.2 Å². The van der Waals surface area contributed by atoms with Crippen LogP contribution in [-0.2, 0) is 11.8 Å². The molecule has 0 aromatic carbocycles. The maximum absolute atomic E-state index is 5.42. The van der Waals surface area contributed by atoms with E-state index in [2.05, 4.69) is 21.2 Å². The third kappa shape index (κ3) is 2.18. The summed E-state index contributed by atoms with van der Waals surface area (Å²) in [4.78, 5) is 17.0. The van der Waals surface area contributed by atoms with Gasteiger partial charge >= 0.3 is 0 Å². The Labute approximate surface area is 126 Å². The summed E-state index contributed by atoms with van der Waals surface area (Å²) in [5.41, 5.74) is 1.62. The van der Waals surface area contributed by atoms with Gasteiger partial charge in [-0.2, -0.15) is 0 Å². The SMILES string of the molecule is Cn1[c]nc2c(N3CCOCC3)nc(-c3cccs3)nc21. The predicted octanol–water partition coefficient (Wildman–Crippen LogP) is 1.73. The van der Waals surface area contributed by atoms with Crippen LogP contribution in [0.5, 0.6) is 0 Å². The lowest BCUT2D eigenvalue weighted by Crippen LogP contribution is -2.37. The number of imidazole rings is 1. The lowest BCUT2D eigenvalue weighted by atomic mass is 10.3. The maximum Gasteiger partial charge on any atom is 0.178 e. The Morgan fingerprint density at radius 3 is 2.90 bits per heavy atom. The third-order valence-corrected chi connectivity index (χ3v) is 4.39. The Hall–Kier alpha value is -1.99. The second-order valence-corrected chi connectivity index (χ2v) is 5.84. The molecule has 0 saturated carbocycles. The van der Waals surface area contributed by atoms with Crippen molar-refractivity contribution in [2.24, 2.45) is 7.05 Å². The quantitative estimate of drug-likeness (QED) is 0.721. The Balaban J connectivity index is 1.90. The zero-order valence-electron chi connectivity index (χ0n) is 11.6. The number of nitrogens with zero attached hydrogens (tertiary/aromatic N) is 5. The molecular weight excluding hydrogens is 286 g/mol. The molecule has 0 atom stereocenters. The second kappa shape index (κ2) is 5.09. The Bertz CT molecular complexity index is 761. The van der Waals surface area contributed by atoms with E-state index in [0.717, 1.165) is 54.0 Å². The van der Waals surface area contributed by atoms with Crippen molar-refractivity contribution in [1.82, 2.24) is 19.5 Å². The van der Waals surface area contributed by atoms with Crippen molar-refractivity contribution in [2.45, 2.75) is 0 Å². The van der Waals surface area contributed by atoms with E-state index in [1.54, 1.807) is 11.3 Å². The number of anilines is 1. The van der Waals surface area contributed by atoms with Gasteiger partial charge in [0.15, 0.2) is 29.1 Å². The normalized spacial score (nSPS) is 15.8. The lowest BCUT2D eigenvalue weighted by Gasteiger charge is -2.28. The molecule has 1 aliphatic rings. The van der Waals surface area contributed by atoms with E-state index in [1.807, 2.05) is 29.1 Å². The summed E-state index contributed by atoms with van der Waals surface area (Å²) in [7, 11) is 1.91. The van der Waals surface area contributed by atoms with E-state index in [9.17, 15) is 0 Å². The standard InChI is InChI=1S/C14H14N5OS/c1-18-9-15-11-13(18)16-12(10-3-2-8-21-10)17-14(11)19-4-6-20-7-5-19/h2-3,8H,4-7H2,1H3. The summed E-state index contributed by atoms with van der Waals surface area (Å²) in [6, 6.07) is 4.05. The highest BCUT2D eigenvalue weighted by Gasteiger charge is 2.20. The molecule has 1 aliphatic heterocycles. The van der Waals surface area contributed by atoms with Crippen LogP contribution < -0.4 is 4.90 Å². The molecule has 7 heteroatoms. The molecule has 0 bridgehead atoms. The minimum Gasteiger partial charge on any atom is -0.378 e. The van der Waals surface area contributed by atoms with Gasteiger partial charge in [0.2, 0.25) is 0 Å². The molecule has 1 saturated heterocycles. The smallest absolute Gasteiger partial charge is 0.178 e. The van der Waals surface area contributed by atoms with Crippen LogP contribution in [0.2, 0.25) is 0 Å². The summed E-state index contributed by atoms with van der Waals surface area (Å²) >= 11 is 1.64. The number of hydrogen-bond acceptors (Lipinski definition) is 6. The van der Waals surface area contributed by atoms with E-state index >= 15 is 0 Å². The van der Waals surface area contributed by atoms with Crippen molar-refractivity contribution in [1.29, 1.82) is 0 Å². The molecule has 0 N–H and O–H groups in total. The molecule has 0 unspecified atom stereocenters. The van der Waals surface area contributed by atoms with Crippen molar-refractivity contribution in [3.63, 3.8) is 0 Å². The molecule has 0 aliphatic carbocycles. The fourth-order valence-electron chi connectivity index (χ4n) is 2.45. The van der Waals surface area contributed by atoms with Gasteiger partial charge in [0, 0.05) is 20.1 Å². The van der Waals surface area contributed by atoms with Crippen molar-refractivity contribution >= 4 is 28.3 Å². The topological polar surface area (TPSA) is 56.1 Å². The highest BCUT2D eigenvalue weighted by Crippen LogP contribution is 2.28. The van der Waals surface area contributed by atoms with Gasteiger partial charge in [0.05, 0.1) is 18.1 Å². The molecular formula is C14H14N5OS. The average Bonchev–Trinajstić information content (AvgIpc) is 3.18. The van der Waals surface area contributed by atoms with Crippen LogP contribution in [0.3, 0.4) is 0 Å². The molecule has 4 heterocycles. The van der Waals surface area contributed by atoms with E-state index in [0.29, 0.717) is 0 Å². The van der Waals surface area contributed by atoms with Crippen LogP contribution in [0.15, 0.2) is 17.5 Å². The monoisotopic (exact) mass is 300 g/mol. The molecule has 107 valence electrons. The summed E-state index contributed by atoms with van der Waals surface area (Å²) in [6.45, 7) is 3.09. The fraction of sp³-hybridized carbons (Fsp3) is 0.357. The average molecular weight is 300 g/mol. The van der Waals surface area contributed by atoms with Gasteiger partial charge in [-0.25, -0.2) is 15.0 Å². The lowest BCUT2D eigenvalue weighted by molar-refractivity contribution is 0.122. The molecule has 21 heavy (non-hydrogen) atoms. The molecule has 1 fully saturated rings. The highest BCUT2D eigenvalue weighted by atomic mass is 32.1. The maximum atomic E-state index is 5.42. The second-order valence-electron chi connectivity index (χ2n) is 4.89. The Morgan fingerprint density at radius 2 is 2.14 bits per heavy atom. The Morgan fingerprint density at radius 1 is 1.29 bits per heavy atom. The first-order chi connectivity index (χ1) is 10.3. The molecule has 0 amide bonds. The van der Waals surface area contributed by atoms with Crippen molar-refractivity contribution in [3.05, 3.63) is 23.8 Å². The molecule has 4 rings (SSSR count). The number of hydrogen-bond donors (Lipinski definition) is 0. The van der Waals surface area contributed by atoms with Crippen LogP contribution in [0.25, 0.3) is 21.9 Å². The van der Waals surface area contributed by atoms with Gasteiger partial charge < -0.3 is 14.2 Å². The number of aromatic nitrogens is 4. The minimum atomic E-state index is 0.719. The van der Waals surface area contributed by atoms with E-state index in [1.165, 1.54) is 0 Å². The number of morpholine rings is 1. The van der Waals surface area contributed by atoms with Gasteiger partial charge in [0.25, 0.3) is 0 Å². The zero-order chi connectivity index (χ0) is 14.2. The molecule has 3 aromatic rings. The number of aryl methyl sites for hydroxylation is 1. The summed E-state index contributed by atoms with van der Waals surface area (Å²) < 4.78 is 7.24. The fourth-order valence-corrected chi connectivity index (χ4v) is 3.11. The predicted molar refractivity (Wildman–Crippen MR) is 81.5 cm³/mol. The van der Waals surface area contributed by atoms with E-state index < -0.39 is 0 Å². The molecule has 6 nitrogen and oxygen atoms in total. The van der Waals surface area contributed by atoms with Crippen molar-refractivity contribution in [3.8, 4) is 10.7 Å². The van der Waals surface area contributed by atoms with Crippen molar-refractivity contribution < 1.29 is 4.74 Å². The first-order valence-electron chi connectivity index (χ1n) is 6.81. The number of thiophene rings is 1. The van der Waals surface area contributed by atoms with Crippen LogP contribution in [0, 0.1) is 6.33 Å². The summed E-state index contributed by atoms with van der Waals surface area (Å²) in [5.74, 6) is 1.62. The molecule has 3 aromatic heterocycles. The van der Waals surface area contributed by atoms with Gasteiger partial charge in [-0.1, -0.05) is 6.07 Å². The highest BCUT2D eigenvalue weighted by molar-refractivity contribution is 7.13. The van der Waals surface area contributed by atoms with Gasteiger partial charge in [-0.15, -0.1) is 11.3 Å². The number of rotatable bonds is 2. The minimum absolute atomic E-state index is 0.719. The number of fused-ring (bicyclic) bond motifs is 1. The van der Waals surface area contributed by atoms with Gasteiger partial charge in [-0.3, -0.25) is 0 Å². The van der Waals surface area contributed by atoms with Crippen LogP contribution >= 0.6 is 11.3 Å². The van der Waals surface area contributed by atoms with E-state index in [-0.39, 0.29) is 0 Å². The first kappa shape index (κ1) is 12.7. The number of ether oxygens (including phenoxy) is 1. The van der Waals surface area contributed by atoms with Crippen LogP contribution in [-0.4, -0.2) is 45.8 Å². The largest absolute Gasteiger partial charge is 0.378 e. The Kier molecular flexibility index (Phi) is 3.08. The van der Waals surface area contributed by atoms with Gasteiger partial charge in [0.1, 0.15) is 0 Å². The summed E-state index contributed by atoms with van der Waals surface area (Å²) in [5, 5.41) is 2.03. The molecule has 1 radical (unpaired) electrons. The third-order valence-electron chi connectivity index (χ3n) is 3.53. The van der Waals surface area contributed by atoms with Gasteiger partial charge in [-0.05, 0) is 11.4 Å². The summed E-state index contributed by atoms with van der Waals surface area (Å²) in [6.07, 6.45) is 2.94. The van der Waals surface area contributed by atoms with Crippen LogP contribution in [0.1, 0.15) is 0 Å².